The summed E-state index contributed by atoms with van der Waals surface area (Å²) < 4.78 is 50.4. The van der Waals surface area contributed by atoms with Crippen molar-refractivity contribution in [1.82, 2.24) is 0 Å². The van der Waals surface area contributed by atoms with Gasteiger partial charge in [0.15, 0.2) is 0 Å². The van der Waals surface area contributed by atoms with Crippen molar-refractivity contribution < 1.29 is 17.6 Å². The van der Waals surface area contributed by atoms with Crippen molar-refractivity contribution in [2.45, 2.75) is 18.5 Å². The maximum absolute atomic E-state index is 12.9. The third-order valence-corrected chi connectivity index (χ3v) is 3.66. The summed E-state index contributed by atoms with van der Waals surface area (Å²) in [7, 11) is 0. The van der Waals surface area contributed by atoms with E-state index in [1.807, 2.05) is 0 Å². The molecule has 0 fully saturated rings. The minimum Gasteiger partial charge on any atom is -0.207 e. The third kappa shape index (κ3) is 4.21. The normalized spacial score (nSPS) is 13.2. The molecule has 5 heteroatoms. The highest BCUT2D eigenvalue weighted by atomic mass is 35.5. The number of alkyl halides is 4. The van der Waals surface area contributed by atoms with Gasteiger partial charge in [0, 0.05) is 11.8 Å². The van der Waals surface area contributed by atoms with Gasteiger partial charge in [-0.05, 0) is 41.8 Å². The van der Waals surface area contributed by atoms with E-state index in [1.54, 1.807) is 12.1 Å². The minimum absolute atomic E-state index is 0.0657. The number of halogens is 5. The Hall–Kier alpha value is -1.55. The molecule has 0 aromatic heterocycles. The number of benzene rings is 2. The molecule has 0 saturated heterocycles. The second-order valence-corrected chi connectivity index (χ2v) is 5.11. The van der Waals surface area contributed by atoms with Crippen LogP contribution < -0.4 is 0 Å². The van der Waals surface area contributed by atoms with E-state index in [1.165, 1.54) is 24.3 Å². The van der Waals surface area contributed by atoms with Gasteiger partial charge in [-0.25, -0.2) is 4.39 Å². The number of hydrogen-bond donors (Lipinski definition) is 0. The molecule has 112 valence electrons. The van der Waals surface area contributed by atoms with Crippen molar-refractivity contribution >= 4 is 11.6 Å². The number of hydrogen-bond acceptors (Lipinski definition) is 0. The molecule has 0 aliphatic carbocycles. The van der Waals surface area contributed by atoms with Crippen LogP contribution in [0.3, 0.4) is 0 Å². The largest absolute Gasteiger partial charge is 0.416 e. The lowest BCUT2D eigenvalue weighted by molar-refractivity contribution is -0.137. The zero-order valence-electron chi connectivity index (χ0n) is 11.0. The van der Waals surface area contributed by atoms with Crippen molar-refractivity contribution in [2.24, 2.45) is 0 Å². The molecule has 0 bridgehead atoms. The first-order valence-electron chi connectivity index (χ1n) is 6.37. The zero-order chi connectivity index (χ0) is 15.5. The summed E-state index contributed by atoms with van der Waals surface area (Å²) in [4.78, 5) is 0. The molecule has 0 N–H and O–H groups in total. The SMILES string of the molecule is Fc1ccc(C(CCl)Cc2ccc(C(F)(F)F)cc2)cc1. The average Bonchev–Trinajstić information content (AvgIpc) is 2.45. The van der Waals surface area contributed by atoms with Gasteiger partial charge in [-0.3, -0.25) is 0 Å². The van der Waals surface area contributed by atoms with Gasteiger partial charge in [-0.1, -0.05) is 24.3 Å². The van der Waals surface area contributed by atoms with Crippen molar-refractivity contribution in [2.75, 3.05) is 5.88 Å². The van der Waals surface area contributed by atoms with Gasteiger partial charge in [-0.2, -0.15) is 13.2 Å². The molecule has 0 nitrogen and oxygen atoms in total. The summed E-state index contributed by atoms with van der Waals surface area (Å²) in [6.07, 6.45) is -3.82. The third-order valence-electron chi connectivity index (χ3n) is 3.29. The fourth-order valence-corrected chi connectivity index (χ4v) is 2.40. The van der Waals surface area contributed by atoms with Crippen LogP contribution in [0.15, 0.2) is 48.5 Å². The molecule has 0 heterocycles. The fourth-order valence-electron chi connectivity index (χ4n) is 2.11. The van der Waals surface area contributed by atoms with E-state index in [9.17, 15) is 17.6 Å². The van der Waals surface area contributed by atoms with Gasteiger partial charge < -0.3 is 0 Å². The standard InChI is InChI=1S/C16H13ClF4/c17-10-13(12-3-7-15(18)8-4-12)9-11-1-5-14(6-2-11)16(19,20)21/h1-8,13H,9-10H2. The number of rotatable bonds is 4. The van der Waals surface area contributed by atoms with E-state index in [4.69, 9.17) is 11.6 Å². The van der Waals surface area contributed by atoms with Gasteiger partial charge in [0.05, 0.1) is 5.56 Å². The molecular weight excluding hydrogens is 304 g/mol. The summed E-state index contributed by atoms with van der Waals surface area (Å²) in [6.45, 7) is 0. The maximum Gasteiger partial charge on any atom is 0.416 e. The first-order chi connectivity index (χ1) is 9.90. The highest BCUT2D eigenvalue weighted by Gasteiger charge is 2.30. The molecule has 0 spiro atoms. The predicted octanol–water partition coefficient (Wildman–Crippen LogP) is 5.41. The summed E-state index contributed by atoms with van der Waals surface area (Å²) in [5, 5.41) is 0. The second-order valence-electron chi connectivity index (χ2n) is 4.80. The van der Waals surface area contributed by atoms with Crippen LogP contribution in [-0.2, 0) is 12.6 Å². The first kappa shape index (κ1) is 15.8. The topological polar surface area (TPSA) is 0 Å². The Bertz CT molecular complexity index is 573. The summed E-state index contributed by atoms with van der Waals surface area (Å²) in [5.41, 5.74) is 0.958. The molecule has 0 radical (unpaired) electrons. The van der Waals surface area contributed by atoms with Crippen LogP contribution in [0.4, 0.5) is 17.6 Å². The van der Waals surface area contributed by atoms with Gasteiger partial charge in [0.25, 0.3) is 0 Å². The highest BCUT2D eigenvalue weighted by Crippen LogP contribution is 2.30. The molecule has 0 aliphatic heterocycles. The van der Waals surface area contributed by atoms with E-state index in [-0.39, 0.29) is 11.7 Å². The zero-order valence-corrected chi connectivity index (χ0v) is 11.8. The lowest BCUT2D eigenvalue weighted by Gasteiger charge is -2.15. The van der Waals surface area contributed by atoms with E-state index < -0.39 is 11.7 Å². The monoisotopic (exact) mass is 316 g/mol. The Morgan fingerprint density at radius 1 is 0.905 bits per heavy atom. The van der Waals surface area contributed by atoms with Crippen molar-refractivity contribution in [3.05, 3.63) is 71.0 Å². The Morgan fingerprint density at radius 3 is 1.95 bits per heavy atom. The van der Waals surface area contributed by atoms with Crippen LogP contribution in [0.2, 0.25) is 0 Å². The van der Waals surface area contributed by atoms with E-state index in [0.29, 0.717) is 12.3 Å². The molecule has 1 unspecified atom stereocenters. The molecule has 2 aromatic carbocycles. The predicted molar refractivity (Wildman–Crippen MR) is 75.0 cm³/mol. The van der Waals surface area contributed by atoms with E-state index >= 15 is 0 Å². The van der Waals surface area contributed by atoms with Crippen LogP contribution in [0.1, 0.15) is 22.6 Å². The van der Waals surface area contributed by atoms with Gasteiger partial charge >= 0.3 is 6.18 Å². The van der Waals surface area contributed by atoms with Crippen molar-refractivity contribution in [1.29, 1.82) is 0 Å². The molecule has 2 rings (SSSR count). The molecule has 1 atom stereocenters. The Labute approximate surface area is 125 Å². The molecule has 2 aromatic rings. The van der Waals surface area contributed by atoms with Crippen LogP contribution >= 0.6 is 11.6 Å². The fraction of sp³-hybridized carbons (Fsp3) is 0.250. The van der Waals surface area contributed by atoms with Crippen molar-refractivity contribution in [3.8, 4) is 0 Å². The summed E-state index contributed by atoms with van der Waals surface area (Å²) in [5.74, 6) is -0.0854. The van der Waals surface area contributed by atoms with Gasteiger partial charge in [-0.15, -0.1) is 11.6 Å². The van der Waals surface area contributed by atoms with Crippen LogP contribution in [0.25, 0.3) is 0 Å². The van der Waals surface area contributed by atoms with Crippen LogP contribution in [0, 0.1) is 5.82 Å². The van der Waals surface area contributed by atoms with E-state index in [0.717, 1.165) is 23.3 Å². The van der Waals surface area contributed by atoms with Crippen LogP contribution in [-0.4, -0.2) is 5.88 Å². The van der Waals surface area contributed by atoms with Gasteiger partial charge in [0.1, 0.15) is 5.82 Å². The molecule has 0 amide bonds. The summed E-state index contributed by atoms with van der Waals surface area (Å²) in [6, 6.07) is 11.0. The molecular formula is C16H13ClF4. The Morgan fingerprint density at radius 2 is 1.48 bits per heavy atom. The van der Waals surface area contributed by atoms with Crippen molar-refractivity contribution in [3.63, 3.8) is 0 Å². The second kappa shape index (κ2) is 6.48. The van der Waals surface area contributed by atoms with E-state index in [2.05, 4.69) is 0 Å². The van der Waals surface area contributed by atoms with Gasteiger partial charge in [0.2, 0.25) is 0 Å². The minimum atomic E-state index is -4.33. The lowest BCUT2D eigenvalue weighted by atomic mass is 9.93. The average molecular weight is 317 g/mol. The first-order valence-corrected chi connectivity index (χ1v) is 6.91. The molecule has 21 heavy (non-hydrogen) atoms. The highest BCUT2D eigenvalue weighted by molar-refractivity contribution is 6.18. The summed E-state index contributed by atoms with van der Waals surface area (Å²) >= 11 is 5.92. The molecule has 0 aliphatic rings. The lowest BCUT2D eigenvalue weighted by Crippen LogP contribution is -2.07. The quantitative estimate of drug-likeness (QED) is 0.522. The Balaban J connectivity index is 2.13. The Kier molecular flexibility index (Phi) is 4.88. The molecule has 0 saturated carbocycles. The smallest absolute Gasteiger partial charge is 0.207 e. The van der Waals surface area contributed by atoms with Crippen LogP contribution in [0.5, 0.6) is 0 Å². The maximum atomic E-state index is 12.9.